The molecule has 1 aliphatic rings. The number of carbonyl (C=O) groups is 1. The molecule has 0 aliphatic carbocycles. The highest BCUT2D eigenvalue weighted by molar-refractivity contribution is 7.99. The van der Waals surface area contributed by atoms with Crippen molar-refractivity contribution in [3.8, 4) is 0 Å². The molecule has 0 spiro atoms. The van der Waals surface area contributed by atoms with E-state index in [9.17, 15) is 13.2 Å². The van der Waals surface area contributed by atoms with Crippen molar-refractivity contribution in [1.29, 1.82) is 0 Å². The van der Waals surface area contributed by atoms with E-state index >= 15 is 0 Å². The average Bonchev–Trinajstić information content (AvgIpc) is 2.69. The van der Waals surface area contributed by atoms with Gasteiger partial charge in [0.25, 0.3) is 0 Å². The lowest BCUT2D eigenvalue weighted by Gasteiger charge is -2.31. The van der Waals surface area contributed by atoms with Gasteiger partial charge in [0.1, 0.15) is 4.90 Å². The molecule has 1 aliphatic heterocycles. The molecule has 2 aromatic rings. The van der Waals surface area contributed by atoms with Gasteiger partial charge in [0.15, 0.2) is 5.78 Å². The Morgan fingerprint density at radius 3 is 2.39 bits per heavy atom. The van der Waals surface area contributed by atoms with Crippen LogP contribution < -0.4 is 0 Å². The minimum absolute atomic E-state index is 0.0315. The SMILES string of the molecule is Cc1ccc(C(=O)CSc2ccc(S(=O)(=O)N3CCN(C)CC3)cn2)cc1C. The quantitative estimate of drug-likeness (QED) is 0.530. The monoisotopic (exact) mass is 419 g/mol. The van der Waals surface area contributed by atoms with Gasteiger partial charge in [-0.15, -0.1) is 0 Å². The van der Waals surface area contributed by atoms with Crippen molar-refractivity contribution in [3.63, 3.8) is 0 Å². The second kappa shape index (κ2) is 8.73. The molecule has 1 aromatic heterocycles. The highest BCUT2D eigenvalue weighted by Crippen LogP contribution is 2.22. The van der Waals surface area contributed by atoms with Crippen LogP contribution in [0, 0.1) is 13.8 Å². The van der Waals surface area contributed by atoms with Crippen LogP contribution in [0.1, 0.15) is 21.5 Å². The number of aromatic nitrogens is 1. The Morgan fingerprint density at radius 1 is 1.07 bits per heavy atom. The molecule has 150 valence electrons. The van der Waals surface area contributed by atoms with E-state index in [1.54, 1.807) is 12.1 Å². The van der Waals surface area contributed by atoms with Crippen LogP contribution in [0.25, 0.3) is 0 Å². The number of rotatable bonds is 6. The van der Waals surface area contributed by atoms with Gasteiger partial charge < -0.3 is 4.90 Å². The van der Waals surface area contributed by atoms with E-state index < -0.39 is 10.0 Å². The molecule has 2 heterocycles. The van der Waals surface area contributed by atoms with Crippen molar-refractivity contribution in [3.05, 3.63) is 53.2 Å². The van der Waals surface area contributed by atoms with Gasteiger partial charge in [0.05, 0.1) is 10.8 Å². The Morgan fingerprint density at radius 2 is 1.79 bits per heavy atom. The van der Waals surface area contributed by atoms with Gasteiger partial charge >= 0.3 is 0 Å². The minimum atomic E-state index is -3.52. The Bertz CT molecular complexity index is 951. The highest BCUT2D eigenvalue weighted by Gasteiger charge is 2.27. The van der Waals surface area contributed by atoms with Crippen LogP contribution in [0.4, 0.5) is 0 Å². The number of piperazine rings is 1. The summed E-state index contributed by atoms with van der Waals surface area (Å²) in [7, 11) is -1.53. The fourth-order valence-corrected chi connectivity index (χ4v) is 5.03. The molecule has 0 N–H and O–H groups in total. The maximum absolute atomic E-state index is 12.7. The number of ketones is 1. The second-order valence-corrected chi connectivity index (χ2v) is 9.98. The largest absolute Gasteiger partial charge is 0.304 e. The summed E-state index contributed by atoms with van der Waals surface area (Å²) in [5.74, 6) is 0.295. The second-order valence-electron chi connectivity index (χ2n) is 7.05. The predicted octanol–water partition coefficient (Wildman–Crippen LogP) is 2.61. The summed E-state index contributed by atoms with van der Waals surface area (Å²) in [6, 6.07) is 8.93. The first-order valence-electron chi connectivity index (χ1n) is 9.15. The maximum atomic E-state index is 12.7. The maximum Gasteiger partial charge on any atom is 0.244 e. The predicted molar refractivity (Wildman–Crippen MR) is 111 cm³/mol. The van der Waals surface area contributed by atoms with Gasteiger partial charge in [0, 0.05) is 37.9 Å². The van der Waals surface area contributed by atoms with E-state index in [2.05, 4.69) is 9.88 Å². The van der Waals surface area contributed by atoms with Crippen LogP contribution in [0.15, 0.2) is 46.5 Å². The molecular weight excluding hydrogens is 394 g/mol. The van der Waals surface area contributed by atoms with Gasteiger partial charge in [-0.3, -0.25) is 4.79 Å². The molecular formula is C20H25N3O3S2. The van der Waals surface area contributed by atoms with E-state index in [0.29, 0.717) is 23.7 Å². The van der Waals surface area contributed by atoms with Crippen molar-refractivity contribution in [2.24, 2.45) is 0 Å². The fourth-order valence-electron chi connectivity index (χ4n) is 2.92. The number of nitrogens with zero attached hydrogens (tertiary/aromatic N) is 3. The number of carbonyl (C=O) groups excluding carboxylic acids is 1. The van der Waals surface area contributed by atoms with Crippen LogP contribution in [0.5, 0.6) is 0 Å². The molecule has 28 heavy (non-hydrogen) atoms. The van der Waals surface area contributed by atoms with Gasteiger partial charge in [0.2, 0.25) is 10.0 Å². The zero-order valence-corrected chi connectivity index (χ0v) is 18.0. The Kier molecular flexibility index (Phi) is 6.54. The normalized spacial score (nSPS) is 16.2. The third kappa shape index (κ3) is 4.81. The summed E-state index contributed by atoms with van der Waals surface area (Å²) >= 11 is 1.31. The third-order valence-electron chi connectivity index (χ3n) is 4.99. The van der Waals surface area contributed by atoms with E-state index in [1.165, 1.54) is 22.3 Å². The molecule has 0 saturated carbocycles. The van der Waals surface area contributed by atoms with Crippen molar-refractivity contribution in [2.45, 2.75) is 23.8 Å². The summed E-state index contributed by atoms with van der Waals surface area (Å²) in [5.41, 5.74) is 2.93. The topological polar surface area (TPSA) is 70.6 Å². The summed E-state index contributed by atoms with van der Waals surface area (Å²) in [6.07, 6.45) is 1.39. The lowest BCUT2D eigenvalue weighted by molar-refractivity contribution is 0.102. The number of likely N-dealkylation sites (N-methyl/N-ethyl adjacent to an activating group) is 1. The van der Waals surface area contributed by atoms with E-state index in [1.807, 2.05) is 39.1 Å². The van der Waals surface area contributed by atoms with Crippen molar-refractivity contribution in [1.82, 2.24) is 14.2 Å². The fraction of sp³-hybridized carbons (Fsp3) is 0.400. The van der Waals surface area contributed by atoms with E-state index in [0.717, 1.165) is 24.2 Å². The van der Waals surface area contributed by atoms with E-state index in [4.69, 9.17) is 0 Å². The molecule has 0 radical (unpaired) electrons. The lowest BCUT2D eigenvalue weighted by atomic mass is 10.0. The smallest absolute Gasteiger partial charge is 0.244 e. The average molecular weight is 420 g/mol. The molecule has 1 saturated heterocycles. The van der Waals surface area contributed by atoms with Crippen LogP contribution in [-0.4, -0.2) is 67.4 Å². The van der Waals surface area contributed by atoms with Crippen molar-refractivity contribution >= 4 is 27.6 Å². The number of benzene rings is 1. The zero-order chi connectivity index (χ0) is 20.3. The first-order valence-corrected chi connectivity index (χ1v) is 11.6. The number of Topliss-reactive ketones (excluding diaryl/α,β-unsaturated/α-hetero) is 1. The minimum Gasteiger partial charge on any atom is -0.304 e. The number of thioether (sulfide) groups is 1. The van der Waals surface area contributed by atoms with Crippen molar-refractivity contribution in [2.75, 3.05) is 39.0 Å². The number of hydrogen-bond donors (Lipinski definition) is 0. The molecule has 1 fully saturated rings. The zero-order valence-electron chi connectivity index (χ0n) is 16.4. The first-order chi connectivity index (χ1) is 13.3. The number of sulfonamides is 1. The van der Waals surface area contributed by atoms with Crippen LogP contribution in [0.3, 0.4) is 0 Å². The van der Waals surface area contributed by atoms with Crippen molar-refractivity contribution < 1.29 is 13.2 Å². The summed E-state index contributed by atoms with van der Waals surface area (Å²) in [6.45, 7) is 6.42. The van der Waals surface area contributed by atoms with Crippen LogP contribution in [0.2, 0.25) is 0 Å². The van der Waals surface area contributed by atoms with Gasteiger partial charge in [-0.1, -0.05) is 23.9 Å². The Balaban J connectivity index is 1.62. The summed E-state index contributed by atoms with van der Waals surface area (Å²) in [5, 5.41) is 0.634. The molecule has 8 heteroatoms. The first kappa shape index (κ1) is 21.0. The molecule has 0 unspecified atom stereocenters. The van der Waals surface area contributed by atoms with E-state index in [-0.39, 0.29) is 16.4 Å². The molecule has 0 bridgehead atoms. The Labute approximate surface area is 171 Å². The molecule has 0 amide bonds. The molecule has 3 rings (SSSR count). The third-order valence-corrected chi connectivity index (χ3v) is 7.82. The number of hydrogen-bond acceptors (Lipinski definition) is 6. The van der Waals surface area contributed by atoms with Gasteiger partial charge in [-0.2, -0.15) is 4.31 Å². The number of aryl methyl sites for hydroxylation is 2. The highest BCUT2D eigenvalue weighted by atomic mass is 32.2. The number of pyridine rings is 1. The summed E-state index contributed by atoms with van der Waals surface area (Å²) in [4.78, 5) is 18.9. The van der Waals surface area contributed by atoms with Gasteiger partial charge in [-0.05, 0) is 50.2 Å². The standard InChI is InChI=1S/C20H25N3O3S2/c1-15-4-5-17(12-16(15)2)19(24)14-27-20-7-6-18(13-21-20)28(25,26)23-10-8-22(3)9-11-23/h4-7,12-13H,8-11,14H2,1-3H3. The Hall–Kier alpha value is -1.74. The molecule has 0 atom stereocenters. The van der Waals surface area contributed by atoms with Crippen LogP contribution in [-0.2, 0) is 10.0 Å². The summed E-state index contributed by atoms with van der Waals surface area (Å²) < 4.78 is 26.9. The lowest BCUT2D eigenvalue weighted by Crippen LogP contribution is -2.47. The van der Waals surface area contributed by atoms with Gasteiger partial charge in [-0.25, -0.2) is 13.4 Å². The molecule has 6 nitrogen and oxygen atoms in total. The van der Waals surface area contributed by atoms with Crippen LogP contribution >= 0.6 is 11.8 Å². The molecule has 1 aromatic carbocycles.